The number of carbonyl (C=O) groups is 1. The summed E-state index contributed by atoms with van der Waals surface area (Å²) in [7, 11) is -4.34. The van der Waals surface area contributed by atoms with E-state index >= 15 is 0 Å². The van der Waals surface area contributed by atoms with Crippen LogP contribution in [0.5, 0.6) is 0 Å². The van der Waals surface area contributed by atoms with E-state index in [1.807, 2.05) is 5.43 Å². The van der Waals surface area contributed by atoms with Crippen molar-refractivity contribution < 1.29 is 30.8 Å². The first-order valence-corrected chi connectivity index (χ1v) is 10.8. The van der Waals surface area contributed by atoms with Crippen molar-refractivity contribution >= 4 is 27.8 Å². The third-order valence-electron chi connectivity index (χ3n) is 4.40. The Morgan fingerprint density at radius 3 is 2.21 bits per heavy atom. The fourth-order valence-electron chi connectivity index (χ4n) is 2.88. The Balaban J connectivity index is 1.85. The van der Waals surface area contributed by atoms with Crippen LogP contribution in [0.3, 0.4) is 0 Å². The van der Waals surface area contributed by atoms with Gasteiger partial charge in [-0.15, -0.1) is 0 Å². The maximum Gasteiger partial charge on any atom is 0.417 e. The quantitative estimate of drug-likeness (QED) is 0.314. The third kappa shape index (κ3) is 5.75. The second kappa shape index (κ2) is 9.82. The Bertz CT molecular complexity index is 1260. The lowest BCUT2D eigenvalue weighted by atomic mass is 10.1. The van der Waals surface area contributed by atoms with Crippen molar-refractivity contribution in [3.8, 4) is 0 Å². The van der Waals surface area contributed by atoms with Crippen LogP contribution in [-0.2, 0) is 21.0 Å². The monoisotopic (exact) mass is 479 g/mol. The van der Waals surface area contributed by atoms with E-state index in [9.17, 15) is 30.8 Å². The van der Waals surface area contributed by atoms with Gasteiger partial charge in [0.05, 0.1) is 22.4 Å². The molecule has 0 bridgehead atoms. The van der Waals surface area contributed by atoms with Crippen molar-refractivity contribution in [2.24, 2.45) is 5.10 Å². The number of nitrogens with one attached hydrogen (secondary N) is 1. The van der Waals surface area contributed by atoms with Gasteiger partial charge in [-0.25, -0.2) is 18.2 Å². The van der Waals surface area contributed by atoms with E-state index in [1.54, 1.807) is 6.07 Å². The van der Waals surface area contributed by atoms with Crippen molar-refractivity contribution in [1.29, 1.82) is 0 Å². The van der Waals surface area contributed by atoms with Crippen molar-refractivity contribution in [3.63, 3.8) is 0 Å². The molecule has 0 saturated carbocycles. The lowest BCUT2D eigenvalue weighted by Crippen LogP contribution is -2.40. The first-order chi connectivity index (χ1) is 15.6. The summed E-state index contributed by atoms with van der Waals surface area (Å²) in [5, 5.41) is 3.50. The topological polar surface area (TPSA) is 78.8 Å². The minimum absolute atomic E-state index is 0.177. The predicted octanol–water partition coefficient (Wildman–Crippen LogP) is 4.19. The van der Waals surface area contributed by atoms with Crippen LogP contribution in [0.4, 0.5) is 23.2 Å². The molecule has 3 aromatic rings. The lowest BCUT2D eigenvalue weighted by molar-refractivity contribution is -0.137. The summed E-state index contributed by atoms with van der Waals surface area (Å²) in [6, 6.07) is 16.7. The highest BCUT2D eigenvalue weighted by Gasteiger charge is 2.32. The van der Waals surface area contributed by atoms with Gasteiger partial charge in [-0.05, 0) is 30.3 Å². The first kappa shape index (κ1) is 23.9. The third-order valence-corrected chi connectivity index (χ3v) is 6.17. The summed E-state index contributed by atoms with van der Waals surface area (Å²) in [5.74, 6) is -1.87. The van der Waals surface area contributed by atoms with Crippen molar-refractivity contribution in [1.82, 2.24) is 5.43 Å². The van der Waals surface area contributed by atoms with Gasteiger partial charge in [0.2, 0.25) is 0 Å². The number of para-hydroxylation sites is 1. The minimum atomic E-state index is -4.63. The molecular weight excluding hydrogens is 462 g/mol. The number of sulfonamides is 1. The zero-order chi connectivity index (χ0) is 24.1. The van der Waals surface area contributed by atoms with E-state index in [0.717, 1.165) is 24.4 Å². The number of benzene rings is 3. The first-order valence-electron chi connectivity index (χ1n) is 9.41. The molecule has 0 atom stereocenters. The fourth-order valence-corrected chi connectivity index (χ4v) is 4.33. The molecule has 0 aliphatic rings. The Labute approximate surface area is 187 Å². The van der Waals surface area contributed by atoms with Crippen molar-refractivity contribution in [2.75, 3.05) is 10.8 Å². The summed E-state index contributed by atoms with van der Waals surface area (Å²) in [6.45, 7) is -0.865. The zero-order valence-corrected chi connectivity index (χ0v) is 17.6. The molecule has 0 spiro atoms. The molecule has 0 aliphatic carbocycles. The van der Waals surface area contributed by atoms with Crippen LogP contribution in [0.25, 0.3) is 0 Å². The molecule has 1 N–H and O–H groups in total. The molecule has 3 rings (SSSR count). The van der Waals surface area contributed by atoms with Gasteiger partial charge in [-0.3, -0.25) is 9.10 Å². The molecule has 0 aromatic heterocycles. The zero-order valence-electron chi connectivity index (χ0n) is 16.8. The molecule has 3 aromatic carbocycles. The van der Waals surface area contributed by atoms with Crippen LogP contribution in [0.1, 0.15) is 11.1 Å². The summed E-state index contributed by atoms with van der Waals surface area (Å²) in [4.78, 5) is 12.2. The average molecular weight is 479 g/mol. The number of rotatable bonds is 7. The molecule has 6 nitrogen and oxygen atoms in total. The van der Waals surface area contributed by atoms with Crippen LogP contribution >= 0.6 is 0 Å². The number of carbonyl (C=O) groups excluding carboxylic acids is 1. The number of alkyl halides is 3. The summed E-state index contributed by atoms with van der Waals surface area (Å²) in [6.07, 6.45) is -3.84. The number of hydrazone groups is 1. The number of nitrogens with zero attached hydrogens (tertiary/aromatic N) is 2. The Morgan fingerprint density at radius 2 is 1.55 bits per heavy atom. The average Bonchev–Trinajstić information content (AvgIpc) is 2.78. The highest BCUT2D eigenvalue weighted by atomic mass is 32.2. The number of hydrogen-bond donors (Lipinski definition) is 1. The molecule has 0 aliphatic heterocycles. The molecule has 172 valence electrons. The number of halogens is 4. The van der Waals surface area contributed by atoms with Crippen LogP contribution in [-0.4, -0.2) is 27.1 Å². The summed E-state index contributed by atoms with van der Waals surface area (Å²) in [5.41, 5.74) is 0.361. The van der Waals surface area contributed by atoms with Gasteiger partial charge < -0.3 is 0 Å². The maximum atomic E-state index is 14.4. The molecule has 0 unspecified atom stereocenters. The largest absolute Gasteiger partial charge is 0.417 e. The molecule has 0 heterocycles. The Hall–Kier alpha value is -3.73. The van der Waals surface area contributed by atoms with E-state index in [4.69, 9.17) is 0 Å². The highest BCUT2D eigenvalue weighted by molar-refractivity contribution is 7.92. The molecule has 0 radical (unpaired) electrons. The molecular formula is C22H17F4N3O3S. The van der Waals surface area contributed by atoms with Gasteiger partial charge in [0.25, 0.3) is 15.9 Å². The van der Waals surface area contributed by atoms with E-state index in [0.29, 0.717) is 4.31 Å². The number of amides is 1. The molecule has 0 saturated heterocycles. The fraction of sp³-hybridized carbons (Fsp3) is 0.0909. The van der Waals surface area contributed by atoms with E-state index in [2.05, 4.69) is 5.10 Å². The van der Waals surface area contributed by atoms with E-state index < -0.39 is 40.0 Å². The molecule has 11 heteroatoms. The second-order valence-electron chi connectivity index (χ2n) is 6.65. The van der Waals surface area contributed by atoms with Crippen LogP contribution in [0, 0.1) is 5.82 Å². The maximum absolute atomic E-state index is 14.4. The second-order valence-corrected chi connectivity index (χ2v) is 8.52. The molecule has 1 amide bonds. The standard InChI is InChI=1S/C22H17F4N3O3S/c23-19-12-6-7-13-20(19)29(33(31,32)17-9-2-1-3-10-17)15-21(30)28-27-14-16-8-4-5-11-18(16)22(24,25)26/h1-14H,15H2,(H,28,30)/b27-14-. The smallest absolute Gasteiger partial charge is 0.271 e. The Morgan fingerprint density at radius 1 is 0.939 bits per heavy atom. The molecule has 33 heavy (non-hydrogen) atoms. The van der Waals surface area contributed by atoms with Crippen LogP contribution in [0.15, 0.2) is 88.9 Å². The van der Waals surface area contributed by atoms with Crippen molar-refractivity contribution in [3.05, 3.63) is 95.8 Å². The van der Waals surface area contributed by atoms with Crippen LogP contribution < -0.4 is 9.73 Å². The SMILES string of the molecule is O=C(CN(c1ccccc1F)S(=O)(=O)c1ccccc1)N/N=C\c1ccccc1C(F)(F)F. The Kier molecular flexibility index (Phi) is 7.12. The number of hydrogen-bond acceptors (Lipinski definition) is 4. The van der Waals surface area contributed by atoms with Gasteiger partial charge in [0.15, 0.2) is 0 Å². The summed E-state index contributed by atoms with van der Waals surface area (Å²) < 4.78 is 80.3. The molecule has 0 fully saturated rings. The normalized spacial score (nSPS) is 12.0. The highest BCUT2D eigenvalue weighted by Crippen LogP contribution is 2.31. The van der Waals surface area contributed by atoms with Crippen LogP contribution in [0.2, 0.25) is 0 Å². The van der Waals surface area contributed by atoms with E-state index in [1.165, 1.54) is 54.6 Å². The minimum Gasteiger partial charge on any atom is -0.271 e. The van der Waals surface area contributed by atoms with Gasteiger partial charge in [0.1, 0.15) is 12.4 Å². The predicted molar refractivity (Wildman–Crippen MR) is 115 cm³/mol. The number of anilines is 1. The van der Waals surface area contributed by atoms with E-state index in [-0.39, 0.29) is 16.1 Å². The summed E-state index contributed by atoms with van der Waals surface area (Å²) >= 11 is 0. The van der Waals surface area contributed by atoms with Gasteiger partial charge >= 0.3 is 6.18 Å². The van der Waals surface area contributed by atoms with Gasteiger partial charge in [-0.1, -0.05) is 48.5 Å². The van der Waals surface area contributed by atoms with Crippen molar-refractivity contribution in [2.45, 2.75) is 11.1 Å². The van der Waals surface area contributed by atoms with Gasteiger partial charge in [0, 0.05) is 5.56 Å². The lowest BCUT2D eigenvalue weighted by Gasteiger charge is -2.24. The van der Waals surface area contributed by atoms with Gasteiger partial charge in [-0.2, -0.15) is 18.3 Å².